The zero-order chi connectivity index (χ0) is 13.5. The van der Waals surface area contributed by atoms with Gasteiger partial charge in [0.25, 0.3) is 5.91 Å². The van der Waals surface area contributed by atoms with Gasteiger partial charge in [-0.1, -0.05) is 6.92 Å². The van der Waals surface area contributed by atoms with Crippen LogP contribution in [0.1, 0.15) is 35.7 Å². The number of carbonyl (C=O) groups is 1. The number of amides is 1. The SMILES string of the molecule is CCCOCCCNC(=O)c1ccc2c(c1)CCN2. The van der Waals surface area contributed by atoms with Crippen molar-refractivity contribution in [2.75, 3.05) is 31.6 Å². The van der Waals surface area contributed by atoms with E-state index in [9.17, 15) is 4.79 Å². The fraction of sp³-hybridized carbons (Fsp3) is 0.533. The molecular formula is C15H22N2O2. The Bertz CT molecular complexity index is 432. The van der Waals surface area contributed by atoms with Crippen LogP contribution in [0.15, 0.2) is 18.2 Å². The minimum absolute atomic E-state index is 0.00481. The first-order valence-electron chi connectivity index (χ1n) is 7.04. The van der Waals surface area contributed by atoms with Crippen molar-refractivity contribution in [2.24, 2.45) is 0 Å². The molecule has 1 aliphatic rings. The molecule has 2 N–H and O–H groups in total. The first-order valence-corrected chi connectivity index (χ1v) is 7.04. The summed E-state index contributed by atoms with van der Waals surface area (Å²) in [4.78, 5) is 12.0. The third-order valence-corrected chi connectivity index (χ3v) is 3.18. The summed E-state index contributed by atoms with van der Waals surface area (Å²) in [6.07, 6.45) is 2.90. The summed E-state index contributed by atoms with van der Waals surface area (Å²) >= 11 is 0. The second-order valence-corrected chi connectivity index (χ2v) is 4.77. The van der Waals surface area contributed by atoms with Crippen LogP contribution in [-0.2, 0) is 11.2 Å². The van der Waals surface area contributed by atoms with Crippen LogP contribution in [0.3, 0.4) is 0 Å². The molecular weight excluding hydrogens is 240 g/mol. The molecule has 0 saturated carbocycles. The largest absolute Gasteiger partial charge is 0.384 e. The molecule has 1 aromatic rings. The second-order valence-electron chi connectivity index (χ2n) is 4.77. The average molecular weight is 262 g/mol. The summed E-state index contributed by atoms with van der Waals surface area (Å²) in [5.74, 6) is 0.00481. The summed E-state index contributed by atoms with van der Waals surface area (Å²) in [6.45, 7) is 5.23. The Morgan fingerprint density at radius 2 is 2.32 bits per heavy atom. The minimum Gasteiger partial charge on any atom is -0.384 e. The lowest BCUT2D eigenvalue weighted by Crippen LogP contribution is -2.25. The smallest absolute Gasteiger partial charge is 0.251 e. The van der Waals surface area contributed by atoms with Gasteiger partial charge in [-0.2, -0.15) is 0 Å². The van der Waals surface area contributed by atoms with E-state index in [1.54, 1.807) is 0 Å². The first-order chi connectivity index (χ1) is 9.31. The van der Waals surface area contributed by atoms with E-state index in [0.717, 1.165) is 43.7 Å². The molecule has 0 radical (unpaired) electrons. The average Bonchev–Trinajstić information content (AvgIpc) is 2.89. The van der Waals surface area contributed by atoms with Gasteiger partial charge in [0.15, 0.2) is 0 Å². The Hall–Kier alpha value is -1.55. The molecule has 1 aliphatic heterocycles. The summed E-state index contributed by atoms with van der Waals surface area (Å²) in [6, 6.07) is 5.85. The van der Waals surface area contributed by atoms with Crippen LogP contribution in [0, 0.1) is 0 Å². The molecule has 0 saturated heterocycles. The Balaban J connectivity index is 1.74. The number of carbonyl (C=O) groups excluding carboxylic acids is 1. The molecule has 1 aromatic carbocycles. The van der Waals surface area contributed by atoms with Gasteiger partial charge in [0.05, 0.1) is 0 Å². The first kappa shape index (κ1) is 13.9. The zero-order valence-corrected chi connectivity index (χ0v) is 11.5. The lowest BCUT2D eigenvalue weighted by atomic mass is 10.1. The number of nitrogens with one attached hydrogen (secondary N) is 2. The molecule has 4 nitrogen and oxygen atoms in total. The van der Waals surface area contributed by atoms with Crippen molar-refractivity contribution in [1.29, 1.82) is 0 Å². The van der Waals surface area contributed by atoms with Gasteiger partial charge in [-0.25, -0.2) is 0 Å². The van der Waals surface area contributed by atoms with E-state index >= 15 is 0 Å². The van der Waals surface area contributed by atoms with E-state index in [-0.39, 0.29) is 5.91 Å². The number of rotatable bonds is 7. The van der Waals surface area contributed by atoms with Crippen LogP contribution in [-0.4, -0.2) is 32.2 Å². The van der Waals surface area contributed by atoms with E-state index < -0.39 is 0 Å². The summed E-state index contributed by atoms with van der Waals surface area (Å²) in [5, 5.41) is 6.22. The fourth-order valence-electron chi connectivity index (χ4n) is 2.17. The molecule has 1 amide bonds. The molecule has 0 fully saturated rings. The Labute approximate surface area is 114 Å². The highest BCUT2D eigenvalue weighted by Gasteiger charge is 2.12. The molecule has 1 heterocycles. The number of ether oxygens (including phenoxy) is 1. The van der Waals surface area contributed by atoms with Crippen molar-refractivity contribution < 1.29 is 9.53 Å². The highest BCUT2D eigenvalue weighted by atomic mass is 16.5. The topological polar surface area (TPSA) is 50.4 Å². The van der Waals surface area contributed by atoms with Gasteiger partial charge in [-0.3, -0.25) is 4.79 Å². The van der Waals surface area contributed by atoms with Gasteiger partial charge in [0.2, 0.25) is 0 Å². The van der Waals surface area contributed by atoms with Crippen LogP contribution < -0.4 is 10.6 Å². The van der Waals surface area contributed by atoms with Crippen molar-refractivity contribution >= 4 is 11.6 Å². The standard InChI is InChI=1S/C15H22N2O2/c1-2-9-19-10-3-7-17-15(18)13-4-5-14-12(11-13)6-8-16-14/h4-5,11,16H,2-3,6-10H2,1H3,(H,17,18). The maximum atomic E-state index is 12.0. The van der Waals surface area contributed by atoms with Crippen LogP contribution in [0.2, 0.25) is 0 Å². The normalized spacial score (nSPS) is 12.9. The van der Waals surface area contributed by atoms with Gasteiger partial charge < -0.3 is 15.4 Å². The molecule has 0 aliphatic carbocycles. The summed E-state index contributed by atoms with van der Waals surface area (Å²) < 4.78 is 5.37. The van der Waals surface area contributed by atoms with Gasteiger partial charge in [-0.15, -0.1) is 0 Å². The van der Waals surface area contributed by atoms with Crippen molar-refractivity contribution in [3.8, 4) is 0 Å². The second kappa shape index (κ2) is 7.14. The van der Waals surface area contributed by atoms with E-state index in [2.05, 4.69) is 17.6 Å². The molecule has 19 heavy (non-hydrogen) atoms. The number of benzene rings is 1. The van der Waals surface area contributed by atoms with Crippen LogP contribution in [0.4, 0.5) is 5.69 Å². The van der Waals surface area contributed by atoms with Gasteiger partial charge in [0, 0.05) is 37.6 Å². The Kier molecular flexibility index (Phi) is 5.21. The van der Waals surface area contributed by atoms with E-state index in [1.165, 1.54) is 5.56 Å². The van der Waals surface area contributed by atoms with Crippen molar-refractivity contribution in [2.45, 2.75) is 26.2 Å². The predicted molar refractivity (Wildman–Crippen MR) is 76.7 cm³/mol. The third-order valence-electron chi connectivity index (χ3n) is 3.18. The fourth-order valence-corrected chi connectivity index (χ4v) is 2.17. The van der Waals surface area contributed by atoms with E-state index in [0.29, 0.717) is 13.2 Å². The lowest BCUT2D eigenvalue weighted by Gasteiger charge is -2.07. The van der Waals surface area contributed by atoms with Gasteiger partial charge >= 0.3 is 0 Å². The van der Waals surface area contributed by atoms with Crippen molar-refractivity contribution in [3.63, 3.8) is 0 Å². The molecule has 0 unspecified atom stereocenters. The maximum Gasteiger partial charge on any atom is 0.251 e. The number of anilines is 1. The van der Waals surface area contributed by atoms with Gasteiger partial charge in [0.1, 0.15) is 0 Å². The molecule has 0 spiro atoms. The summed E-state index contributed by atoms with van der Waals surface area (Å²) in [5.41, 5.74) is 3.14. The lowest BCUT2D eigenvalue weighted by molar-refractivity contribution is 0.0941. The molecule has 4 heteroatoms. The van der Waals surface area contributed by atoms with Crippen molar-refractivity contribution in [1.82, 2.24) is 5.32 Å². The molecule has 0 bridgehead atoms. The molecule has 104 valence electrons. The third kappa shape index (κ3) is 3.96. The Morgan fingerprint density at radius 3 is 3.16 bits per heavy atom. The maximum absolute atomic E-state index is 12.0. The quantitative estimate of drug-likeness (QED) is 0.741. The number of fused-ring (bicyclic) bond motifs is 1. The van der Waals surface area contributed by atoms with Crippen LogP contribution >= 0.6 is 0 Å². The number of hydrogen-bond donors (Lipinski definition) is 2. The van der Waals surface area contributed by atoms with E-state index in [4.69, 9.17) is 4.74 Å². The monoisotopic (exact) mass is 262 g/mol. The highest BCUT2D eigenvalue weighted by Crippen LogP contribution is 2.22. The highest BCUT2D eigenvalue weighted by molar-refractivity contribution is 5.95. The summed E-state index contributed by atoms with van der Waals surface area (Å²) in [7, 11) is 0. The van der Waals surface area contributed by atoms with Crippen LogP contribution in [0.25, 0.3) is 0 Å². The molecule has 0 atom stereocenters. The van der Waals surface area contributed by atoms with Gasteiger partial charge in [-0.05, 0) is 43.0 Å². The Morgan fingerprint density at radius 1 is 1.42 bits per heavy atom. The molecule has 2 rings (SSSR count). The van der Waals surface area contributed by atoms with Crippen LogP contribution in [0.5, 0.6) is 0 Å². The zero-order valence-electron chi connectivity index (χ0n) is 11.5. The predicted octanol–water partition coefficient (Wildman–Crippen LogP) is 2.20. The number of hydrogen-bond acceptors (Lipinski definition) is 3. The molecule has 0 aromatic heterocycles. The minimum atomic E-state index is 0.00481. The van der Waals surface area contributed by atoms with Crippen molar-refractivity contribution in [3.05, 3.63) is 29.3 Å². The van der Waals surface area contributed by atoms with E-state index in [1.807, 2.05) is 18.2 Å².